The van der Waals surface area contributed by atoms with Crippen LogP contribution in [0.5, 0.6) is 5.75 Å². The molecule has 0 unspecified atom stereocenters. The Bertz CT molecular complexity index is 1390. The maximum absolute atomic E-state index is 13.3. The summed E-state index contributed by atoms with van der Waals surface area (Å²) in [7, 11) is 0. The number of carbonyl (C=O) groups excluding carboxylic acids is 2. The second kappa shape index (κ2) is 18.1. The van der Waals surface area contributed by atoms with E-state index in [-0.39, 0.29) is 31.9 Å². The van der Waals surface area contributed by atoms with Gasteiger partial charge in [-0.15, -0.1) is 0 Å². The fraction of sp³-hybridized carbons (Fsp3) is 0.541. The maximum Gasteiger partial charge on any atom is 0.422 e. The van der Waals surface area contributed by atoms with E-state index in [0.29, 0.717) is 19.6 Å². The zero-order valence-corrected chi connectivity index (χ0v) is 29.4. The van der Waals surface area contributed by atoms with Crippen LogP contribution in [0.3, 0.4) is 0 Å². The molecule has 0 spiro atoms. The number of amides is 2. The summed E-state index contributed by atoms with van der Waals surface area (Å²) in [5, 5.41) is 16.2. The lowest BCUT2D eigenvalue weighted by Gasteiger charge is -2.31. The first-order valence-electron chi connectivity index (χ1n) is 17.0. The molecule has 0 aromatic heterocycles. The summed E-state index contributed by atoms with van der Waals surface area (Å²) in [5.41, 5.74) is 5.55. The first-order valence-corrected chi connectivity index (χ1v) is 17.0. The summed E-state index contributed by atoms with van der Waals surface area (Å²) in [4.78, 5) is 30.4. The van der Waals surface area contributed by atoms with Gasteiger partial charge in [0.1, 0.15) is 17.5 Å². The number of aliphatic imine (C=N–C) groups is 1. The number of aliphatic hydroxyl groups is 1. The lowest BCUT2D eigenvalue weighted by Crippen LogP contribution is -2.54. The van der Waals surface area contributed by atoms with Gasteiger partial charge >= 0.3 is 12.2 Å². The number of alkyl carbamates (subject to hydrolysis) is 1. The van der Waals surface area contributed by atoms with Gasteiger partial charge in [-0.05, 0) is 75.8 Å². The third-order valence-electron chi connectivity index (χ3n) is 8.24. The average molecular weight is 681 g/mol. The van der Waals surface area contributed by atoms with Crippen molar-refractivity contribution in [3.8, 4) is 5.75 Å². The zero-order chi connectivity index (χ0) is 35.4. The number of nitrogens with one attached hydrogen (secondary N) is 2. The van der Waals surface area contributed by atoms with E-state index in [2.05, 4.69) is 29.2 Å². The molecule has 2 aliphatic rings. The fourth-order valence-electron chi connectivity index (χ4n) is 5.68. The van der Waals surface area contributed by atoms with Crippen molar-refractivity contribution >= 4 is 17.9 Å². The van der Waals surface area contributed by atoms with Crippen molar-refractivity contribution in [3.63, 3.8) is 0 Å². The topological polar surface area (TPSA) is 140 Å². The fourth-order valence-corrected chi connectivity index (χ4v) is 5.68. The number of benzene rings is 2. The molecule has 268 valence electrons. The first-order chi connectivity index (χ1) is 23.4. The van der Waals surface area contributed by atoms with Gasteiger partial charge in [-0.25, -0.2) is 14.6 Å². The van der Waals surface area contributed by atoms with Gasteiger partial charge in [-0.3, -0.25) is 10.4 Å². The Morgan fingerprint density at radius 1 is 1.10 bits per heavy atom. The molecule has 12 nitrogen and oxygen atoms in total. The van der Waals surface area contributed by atoms with Gasteiger partial charge in [-0.1, -0.05) is 56.3 Å². The quantitative estimate of drug-likeness (QED) is 0.119. The molecule has 0 bridgehead atoms. The monoisotopic (exact) mass is 680 g/mol. The molecule has 2 amide bonds. The highest BCUT2D eigenvalue weighted by atomic mass is 16.7. The highest BCUT2D eigenvalue weighted by molar-refractivity contribution is 5.99. The van der Waals surface area contributed by atoms with Crippen LogP contribution in [0.25, 0.3) is 0 Å². The lowest BCUT2D eigenvalue weighted by molar-refractivity contribution is -0.0907. The van der Waals surface area contributed by atoms with Gasteiger partial charge in [0.2, 0.25) is 0 Å². The van der Waals surface area contributed by atoms with E-state index >= 15 is 0 Å². The van der Waals surface area contributed by atoms with Crippen LogP contribution in [0.1, 0.15) is 70.6 Å². The Balaban J connectivity index is 1.51. The van der Waals surface area contributed by atoms with Gasteiger partial charge in [0, 0.05) is 25.0 Å². The Hall–Kier alpha value is -3.97. The van der Waals surface area contributed by atoms with Crippen molar-refractivity contribution in [2.45, 2.75) is 97.0 Å². The summed E-state index contributed by atoms with van der Waals surface area (Å²) in [6, 6.07) is 14.5. The minimum Gasteiger partial charge on any atom is -0.494 e. The van der Waals surface area contributed by atoms with Crippen LogP contribution >= 0.6 is 0 Å². The number of hydrogen-bond donors (Lipinski definition) is 3. The van der Waals surface area contributed by atoms with E-state index < -0.39 is 36.0 Å². The second-order valence-electron chi connectivity index (χ2n) is 13.4. The molecular formula is C37H52N4O8. The van der Waals surface area contributed by atoms with E-state index in [4.69, 9.17) is 23.7 Å². The van der Waals surface area contributed by atoms with Crippen LogP contribution < -0.4 is 15.5 Å². The van der Waals surface area contributed by atoms with E-state index in [1.165, 1.54) is 6.20 Å². The van der Waals surface area contributed by atoms with Gasteiger partial charge in [-0.2, -0.15) is 0 Å². The van der Waals surface area contributed by atoms with Crippen LogP contribution in [0.15, 0.2) is 66.3 Å². The number of ether oxygens (including phenoxy) is 5. The normalized spacial score (nSPS) is 20.3. The van der Waals surface area contributed by atoms with Crippen LogP contribution in [-0.4, -0.2) is 84.5 Å². The van der Waals surface area contributed by atoms with E-state index in [9.17, 15) is 14.7 Å². The molecule has 2 aromatic rings. The SMILES string of the molecule is C=C/N=C(\C)c1ccc(CN(C[C@H](O)[C@H](Cc2ccc(OCCCC)cc2)NC(=O)O[C@H]2CO[C@H]3OCC[C@H]32)NC(=O)OC(C)(C)C)cc1. The minimum absolute atomic E-state index is 0.0267. The van der Waals surface area contributed by atoms with Crippen LogP contribution in [0.2, 0.25) is 0 Å². The largest absolute Gasteiger partial charge is 0.494 e. The van der Waals surface area contributed by atoms with Crippen molar-refractivity contribution < 1.29 is 38.4 Å². The molecule has 2 aromatic carbocycles. The molecule has 3 N–H and O–H groups in total. The molecule has 12 heteroatoms. The third kappa shape index (κ3) is 12.1. The Kier molecular flexibility index (Phi) is 14.0. The van der Waals surface area contributed by atoms with Gasteiger partial charge < -0.3 is 34.1 Å². The molecule has 5 atom stereocenters. The van der Waals surface area contributed by atoms with Gasteiger partial charge in [0.15, 0.2) is 6.29 Å². The molecule has 2 heterocycles. The molecular weight excluding hydrogens is 628 g/mol. The van der Waals surface area contributed by atoms with Crippen molar-refractivity contribution in [2.75, 3.05) is 26.4 Å². The molecule has 49 heavy (non-hydrogen) atoms. The van der Waals surface area contributed by atoms with Gasteiger partial charge in [0.25, 0.3) is 0 Å². The van der Waals surface area contributed by atoms with Crippen LogP contribution in [0.4, 0.5) is 9.59 Å². The average Bonchev–Trinajstić information content (AvgIpc) is 3.66. The summed E-state index contributed by atoms with van der Waals surface area (Å²) < 4.78 is 28.3. The molecule has 2 fully saturated rings. The number of fused-ring (bicyclic) bond motifs is 1. The summed E-state index contributed by atoms with van der Waals surface area (Å²) in [5.74, 6) is 0.724. The third-order valence-corrected chi connectivity index (χ3v) is 8.24. The first kappa shape index (κ1) is 37.8. The number of carbonyl (C=O) groups is 2. The van der Waals surface area contributed by atoms with Crippen molar-refractivity contribution in [1.29, 1.82) is 0 Å². The highest BCUT2D eigenvalue weighted by Crippen LogP contribution is 2.33. The second-order valence-corrected chi connectivity index (χ2v) is 13.4. The summed E-state index contributed by atoms with van der Waals surface area (Å²) in [6.07, 6.45) is 1.26. The van der Waals surface area contributed by atoms with E-state index in [0.717, 1.165) is 47.4 Å². The Morgan fingerprint density at radius 2 is 1.82 bits per heavy atom. The predicted octanol–water partition coefficient (Wildman–Crippen LogP) is 5.52. The highest BCUT2D eigenvalue weighted by Gasteiger charge is 2.44. The lowest BCUT2D eigenvalue weighted by atomic mass is 10.0. The summed E-state index contributed by atoms with van der Waals surface area (Å²) in [6.45, 7) is 14.6. The van der Waals surface area contributed by atoms with Crippen molar-refractivity contribution in [2.24, 2.45) is 10.9 Å². The molecule has 0 aliphatic carbocycles. The number of hydrazine groups is 1. The molecule has 2 saturated heterocycles. The van der Waals surface area contributed by atoms with Crippen molar-refractivity contribution in [1.82, 2.24) is 15.8 Å². The summed E-state index contributed by atoms with van der Waals surface area (Å²) >= 11 is 0. The molecule has 4 rings (SSSR count). The van der Waals surface area contributed by atoms with Crippen LogP contribution in [-0.2, 0) is 31.9 Å². The number of nitrogens with zero attached hydrogens (tertiary/aromatic N) is 2. The number of unbranched alkanes of at least 4 members (excludes halogenated alkanes) is 1. The minimum atomic E-state index is -1.13. The van der Waals surface area contributed by atoms with Crippen LogP contribution in [0, 0.1) is 5.92 Å². The molecule has 2 aliphatic heterocycles. The smallest absolute Gasteiger partial charge is 0.422 e. The van der Waals surface area contributed by atoms with E-state index in [1.807, 2.05) is 55.5 Å². The Morgan fingerprint density at radius 3 is 2.49 bits per heavy atom. The number of rotatable bonds is 16. The maximum atomic E-state index is 13.3. The molecule has 0 radical (unpaired) electrons. The van der Waals surface area contributed by atoms with Gasteiger partial charge in [0.05, 0.1) is 37.9 Å². The zero-order valence-electron chi connectivity index (χ0n) is 29.4. The Labute approximate surface area is 289 Å². The van der Waals surface area contributed by atoms with Crippen molar-refractivity contribution in [3.05, 3.63) is 78.0 Å². The number of hydrogen-bond acceptors (Lipinski definition) is 10. The number of aliphatic hydroxyl groups excluding tert-OH is 1. The standard InChI is InChI=1S/C37H52N4O8/c1-7-9-19-45-29-16-12-26(13-17-29)21-31(39-35(43)48-33-24-47-34-30(33)18-20-46-34)32(42)23-41(40-36(44)49-37(4,5)6)22-27-10-14-28(15-11-27)25(3)38-8-2/h8,10-17,30-34,42H,2,7,9,18-24H2,1,3-6H3,(H,39,43)(H,40,44)/b38-25+/t30-,31-,32-,33-,34+/m0/s1. The molecule has 0 saturated carbocycles. The predicted molar refractivity (Wildman–Crippen MR) is 186 cm³/mol. The van der Waals surface area contributed by atoms with E-state index in [1.54, 1.807) is 25.8 Å².